The number of hydrogen-bond donors (Lipinski definition) is 3. The molecule has 0 heterocycles. The molecule has 0 rings (SSSR count). The Morgan fingerprint density at radius 1 is 0.400 bits per heavy atom. The molecule has 4 atom stereocenters. The third-order valence-electron chi connectivity index (χ3n) is 13.4. The van der Waals surface area contributed by atoms with Crippen molar-refractivity contribution in [1.82, 2.24) is 0 Å². The Labute approximate surface area is 374 Å². The van der Waals surface area contributed by atoms with Crippen LogP contribution in [0, 0.1) is 11.8 Å². The smallest absolute Gasteiger partial charge is 0.307 e. The molecule has 0 radical (unpaired) electrons. The lowest BCUT2D eigenvalue weighted by atomic mass is 10.0. The van der Waals surface area contributed by atoms with Gasteiger partial charge in [0.1, 0.15) is 0 Å². The maximum atomic E-state index is 11.9. The first-order valence-electron chi connectivity index (χ1n) is 26.3. The first kappa shape index (κ1) is 58.8. The molecule has 0 fully saturated rings. The highest BCUT2D eigenvalue weighted by atomic mass is 28.4. The molecule has 4 unspecified atom stereocenters. The second-order valence-corrected chi connectivity index (χ2v) is 28.4. The van der Waals surface area contributed by atoms with Gasteiger partial charge in [0.25, 0.3) is 0 Å². The molecule has 0 amide bonds. The number of carboxylic acid groups (broad SMARTS) is 3. The van der Waals surface area contributed by atoms with Crippen LogP contribution in [0.1, 0.15) is 258 Å². The average Bonchev–Trinajstić information content (AvgIpc) is 3.19. The summed E-state index contributed by atoms with van der Waals surface area (Å²) in [5.74, 6) is -4.01. The van der Waals surface area contributed by atoms with Gasteiger partial charge in [-0.05, 0) is 50.1 Å². The molecule has 7 nitrogen and oxygen atoms in total. The standard InChI is InChI=1S/C51H102O7Si2/c1-6-8-10-12-14-16-18-20-22-24-26-28-30-32-34-36-42-59(4,44-38-40-47(3)50(54)55)58-60(5,45-39-41-48(51(56)57)46-49(52)53)43-37-35-33-31-29-27-25-23-21-19-17-15-13-11-9-7-2/h47-48H,6-46H2,1-5H3,(H,52,53)(H,54,55)(H,56,57). The number of carbonyl (C=O) groups is 3. The Balaban J connectivity index is 5.05. The summed E-state index contributed by atoms with van der Waals surface area (Å²) in [7, 11) is -4.41. The maximum Gasteiger partial charge on any atom is 0.307 e. The van der Waals surface area contributed by atoms with E-state index in [1.54, 1.807) is 0 Å². The summed E-state index contributed by atoms with van der Waals surface area (Å²) >= 11 is 0. The van der Waals surface area contributed by atoms with E-state index in [1.165, 1.54) is 199 Å². The van der Waals surface area contributed by atoms with Crippen molar-refractivity contribution in [3.63, 3.8) is 0 Å². The second kappa shape index (κ2) is 40.6. The summed E-state index contributed by atoms with van der Waals surface area (Å²) in [6.07, 6.45) is 45.3. The summed E-state index contributed by atoms with van der Waals surface area (Å²) in [4.78, 5) is 34.9. The van der Waals surface area contributed by atoms with Gasteiger partial charge in [-0.1, -0.05) is 239 Å². The van der Waals surface area contributed by atoms with E-state index in [1.807, 2.05) is 6.92 Å². The van der Waals surface area contributed by atoms with Crippen LogP contribution in [0.2, 0.25) is 37.3 Å². The molecule has 0 saturated carbocycles. The highest BCUT2D eigenvalue weighted by Crippen LogP contribution is 2.34. The molecule has 0 saturated heterocycles. The third kappa shape index (κ3) is 37.4. The van der Waals surface area contributed by atoms with Gasteiger partial charge in [0, 0.05) is 0 Å². The predicted molar refractivity (Wildman–Crippen MR) is 261 cm³/mol. The molecule has 9 heteroatoms. The summed E-state index contributed by atoms with van der Waals surface area (Å²) in [6.45, 7) is 11.1. The minimum atomic E-state index is -2.24. The summed E-state index contributed by atoms with van der Waals surface area (Å²) in [5.41, 5.74) is 0. The second-order valence-electron chi connectivity index (χ2n) is 19.8. The molecule has 60 heavy (non-hydrogen) atoms. The van der Waals surface area contributed by atoms with Crippen LogP contribution in [0.5, 0.6) is 0 Å². The fraction of sp³-hybridized carbons (Fsp3) is 0.941. The first-order chi connectivity index (χ1) is 28.9. The Hall–Kier alpha value is -1.20. The van der Waals surface area contributed by atoms with Gasteiger partial charge in [-0.3, -0.25) is 14.4 Å². The fourth-order valence-corrected chi connectivity index (χ4v) is 20.1. The quantitative estimate of drug-likeness (QED) is 0.0411. The zero-order chi connectivity index (χ0) is 44.6. The van der Waals surface area contributed by atoms with E-state index in [9.17, 15) is 29.7 Å². The lowest BCUT2D eigenvalue weighted by Gasteiger charge is -2.39. The van der Waals surface area contributed by atoms with Crippen LogP contribution in [0.15, 0.2) is 0 Å². The number of carboxylic acids is 3. The van der Waals surface area contributed by atoms with Crippen molar-refractivity contribution in [1.29, 1.82) is 0 Å². The van der Waals surface area contributed by atoms with E-state index >= 15 is 0 Å². The fourth-order valence-electron chi connectivity index (χ4n) is 9.29. The van der Waals surface area contributed by atoms with Crippen molar-refractivity contribution in [2.24, 2.45) is 11.8 Å². The SMILES string of the molecule is CCCCCCCCCCCCCCCCCC[Si](C)(CCCC(C)C(=O)O)O[Si](C)(CCCCCCCCCCCCCCCCCC)CCCC(CC(=O)O)C(=O)O. The van der Waals surface area contributed by atoms with E-state index in [-0.39, 0.29) is 12.3 Å². The number of unbranched alkanes of at least 4 members (excludes halogenated alkanes) is 30. The van der Waals surface area contributed by atoms with E-state index < -0.39 is 40.5 Å². The molecule has 0 aliphatic carbocycles. The monoisotopic (exact) mass is 883 g/mol. The van der Waals surface area contributed by atoms with Gasteiger partial charge >= 0.3 is 17.9 Å². The highest BCUT2D eigenvalue weighted by molar-refractivity contribution is 6.86. The van der Waals surface area contributed by atoms with E-state index in [2.05, 4.69) is 26.9 Å². The van der Waals surface area contributed by atoms with Gasteiger partial charge in [0.15, 0.2) is 16.6 Å². The van der Waals surface area contributed by atoms with Crippen LogP contribution in [0.4, 0.5) is 0 Å². The Morgan fingerprint density at radius 2 is 0.667 bits per heavy atom. The average molecular weight is 884 g/mol. The van der Waals surface area contributed by atoms with Crippen LogP contribution >= 0.6 is 0 Å². The molecular formula is C51H102O7Si2. The number of hydrogen-bond acceptors (Lipinski definition) is 4. The van der Waals surface area contributed by atoms with E-state index in [0.717, 1.165) is 37.0 Å². The zero-order valence-electron chi connectivity index (χ0n) is 40.6. The molecule has 0 bridgehead atoms. The number of aliphatic carboxylic acids is 3. The zero-order valence-corrected chi connectivity index (χ0v) is 42.6. The van der Waals surface area contributed by atoms with Crippen molar-refractivity contribution in [3.8, 4) is 0 Å². The van der Waals surface area contributed by atoms with Crippen molar-refractivity contribution >= 4 is 34.5 Å². The molecule has 0 spiro atoms. The highest BCUT2D eigenvalue weighted by Gasteiger charge is 2.39. The molecular weight excluding hydrogens is 781 g/mol. The van der Waals surface area contributed by atoms with Crippen molar-refractivity contribution in [2.45, 2.75) is 296 Å². The van der Waals surface area contributed by atoms with Crippen molar-refractivity contribution < 1.29 is 33.8 Å². The molecule has 0 aromatic heterocycles. The minimum Gasteiger partial charge on any atom is -0.481 e. The molecule has 0 aromatic carbocycles. The number of rotatable bonds is 48. The Morgan fingerprint density at radius 3 is 0.933 bits per heavy atom. The van der Waals surface area contributed by atoms with Crippen molar-refractivity contribution in [3.05, 3.63) is 0 Å². The lowest BCUT2D eigenvalue weighted by molar-refractivity contribution is -0.148. The largest absolute Gasteiger partial charge is 0.481 e. The van der Waals surface area contributed by atoms with Crippen LogP contribution in [-0.2, 0) is 18.5 Å². The molecule has 3 N–H and O–H groups in total. The predicted octanol–water partition coefficient (Wildman–Crippen LogP) is 17.1. The minimum absolute atomic E-state index is 0.332. The summed E-state index contributed by atoms with van der Waals surface area (Å²) < 4.78 is 7.51. The Kier molecular flexibility index (Phi) is 39.8. The third-order valence-corrected chi connectivity index (χ3v) is 23.0. The van der Waals surface area contributed by atoms with Crippen LogP contribution in [0.3, 0.4) is 0 Å². The van der Waals surface area contributed by atoms with Gasteiger partial charge in [0.2, 0.25) is 0 Å². The van der Waals surface area contributed by atoms with E-state index in [0.29, 0.717) is 19.3 Å². The molecule has 0 aliphatic heterocycles. The van der Waals surface area contributed by atoms with Crippen LogP contribution in [-0.4, -0.2) is 49.9 Å². The van der Waals surface area contributed by atoms with Crippen molar-refractivity contribution in [2.75, 3.05) is 0 Å². The lowest BCUT2D eigenvalue weighted by Crippen LogP contribution is -2.48. The van der Waals surface area contributed by atoms with Gasteiger partial charge < -0.3 is 19.4 Å². The van der Waals surface area contributed by atoms with Crippen LogP contribution < -0.4 is 0 Å². The maximum absolute atomic E-state index is 11.9. The van der Waals surface area contributed by atoms with Gasteiger partial charge in [-0.15, -0.1) is 0 Å². The normalized spacial score (nSPS) is 14.8. The van der Waals surface area contributed by atoms with Gasteiger partial charge in [-0.25, -0.2) is 0 Å². The van der Waals surface area contributed by atoms with Gasteiger partial charge in [-0.2, -0.15) is 0 Å². The summed E-state index contributed by atoms with van der Waals surface area (Å²) in [5, 5.41) is 28.6. The van der Waals surface area contributed by atoms with E-state index in [4.69, 9.17) is 4.12 Å². The summed E-state index contributed by atoms with van der Waals surface area (Å²) in [6, 6.07) is 4.00. The molecule has 356 valence electrons. The van der Waals surface area contributed by atoms with Gasteiger partial charge in [0.05, 0.1) is 18.3 Å². The molecule has 0 aromatic rings. The first-order valence-corrected chi connectivity index (χ1v) is 31.9. The topological polar surface area (TPSA) is 121 Å². The van der Waals surface area contributed by atoms with Crippen LogP contribution in [0.25, 0.3) is 0 Å². The Bertz CT molecular complexity index is 1010. The molecule has 0 aliphatic rings.